The number of carbonyl (C=O) groups excluding carboxylic acids is 4. The number of carbonyl (C=O) groups is 4. The van der Waals surface area contributed by atoms with Crippen molar-refractivity contribution in [3.05, 3.63) is 141 Å². The van der Waals surface area contributed by atoms with Crippen molar-refractivity contribution in [2.75, 3.05) is 26.2 Å². The van der Waals surface area contributed by atoms with Crippen LogP contribution in [0.25, 0.3) is 0 Å². The standard InChI is InChI=1S/2C30H37N3O4/c2*1-30(2)17-32(16-27(35)26-12-18-5-3-4-6-20(18)15-31-26)29(37)24-10-7-19(11-25(24)30)28(36)33-21-8-9-22(33)14-23(34)13-21/h2*3-7,10-11,21-23,26-27,31,34-35H,8-9,12-17H2,1-2H3/t21-,22+,23?,26-,27+;21-,22+,23?,26-,27-/m00/s1. The number of amides is 4. The van der Waals surface area contributed by atoms with Crippen LogP contribution in [0.2, 0.25) is 0 Å². The van der Waals surface area contributed by atoms with Crippen LogP contribution in [0.5, 0.6) is 0 Å². The molecule has 4 aromatic carbocycles. The van der Waals surface area contributed by atoms with Crippen molar-refractivity contribution in [2.45, 2.75) is 176 Å². The number of nitrogens with zero attached hydrogens (tertiary/aromatic N) is 4. The first-order valence-electron chi connectivity index (χ1n) is 27.3. The number of hydrogen-bond acceptors (Lipinski definition) is 10. The van der Waals surface area contributed by atoms with E-state index in [1.807, 2.05) is 46.2 Å². The first kappa shape index (κ1) is 50.7. The van der Waals surface area contributed by atoms with Crippen LogP contribution in [0.4, 0.5) is 0 Å². The molecule has 4 fully saturated rings. The molecule has 392 valence electrons. The van der Waals surface area contributed by atoms with Gasteiger partial charge in [0.15, 0.2) is 0 Å². The van der Waals surface area contributed by atoms with Crippen LogP contribution in [-0.4, -0.2) is 151 Å². The van der Waals surface area contributed by atoms with Gasteiger partial charge in [0.05, 0.1) is 24.4 Å². The zero-order chi connectivity index (χ0) is 51.8. The van der Waals surface area contributed by atoms with Crippen molar-refractivity contribution in [1.82, 2.24) is 30.2 Å². The Bertz CT molecular complexity index is 2620. The molecule has 0 radical (unpaired) electrons. The maximum absolute atomic E-state index is 13.5. The fraction of sp³-hybridized carbons (Fsp3) is 0.533. The van der Waals surface area contributed by atoms with Crippen LogP contribution in [-0.2, 0) is 36.8 Å². The average Bonchev–Trinajstić information content (AvgIpc) is 3.84. The summed E-state index contributed by atoms with van der Waals surface area (Å²) in [4.78, 5) is 61.6. The summed E-state index contributed by atoms with van der Waals surface area (Å²) in [6, 6.07) is 27.7. The Hall–Kier alpha value is -5.48. The highest BCUT2D eigenvalue weighted by Gasteiger charge is 2.46. The second-order valence-electron chi connectivity index (χ2n) is 24.2. The van der Waals surface area contributed by atoms with E-state index in [1.165, 1.54) is 22.3 Å². The molecule has 74 heavy (non-hydrogen) atoms. The van der Waals surface area contributed by atoms with E-state index in [9.17, 15) is 39.6 Å². The zero-order valence-electron chi connectivity index (χ0n) is 43.4. The number of piperidine rings is 2. The van der Waals surface area contributed by atoms with Gasteiger partial charge >= 0.3 is 0 Å². The number of β-amino-alcohol motifs (C(OH)–C–C–N with tert-alkyl or cyclic N) is 2. The third kappa shape index (κ3) is 9.59. The van der Waals surface area contributed by atoms with Crippen molar-refractivity contribution in [3.63, 3.8) is 0 Å². The zero-order valence-corrected chi connectivity index (χ0v) is 43.4. The van der Waals surface area contributed by atoms with E-state index in [4.69, 9.17) is 0 Å². The second kappa shape index (κ2) is 19.9. The van der Waals surface area contributed by atoms with Crippen molar-refractivity contribution >= 4 is 23.6 Å². The lowest BCUT2D eigenvalue weighted by Crippen LogP contribution is -2.54. The maximum Gasteiger partial charge on any atom is 0.254 e. The quantitative estimate of drug-likeness (QED) is 0.136. The first-order valence-corrected chi connectivity index (χ1v) is 27.3. The molecular formula is C60H74N6O8. The monoisotopic (exact) mass is 1010 g/mol. The lowest BCUT2D eigenvalue weighted by molar-refractivity contribution is 0.0276. The molecule has 10 atom stereocenters. The van der Waals surface area contributed by atoms with Gasteiger partial charge in [-0.05, 0) is 134 Å². The number of aliphatic hydroxyl groups excluding tert-OH is 4. The average molecular weight is 1010 g/mol. The molecule has 4 aromatic rings. The third-order valence-corrected chi connectivity index (χ3v) is 18.1. The third-order valence-electron chi connectivity index (χ3n) is 18.1. The summed E-state index contributed by atoms with van der Waals surface area (Å²) in [5.74, 6) is -0.173. The summed E-state index contributed by atoms with van der Waals surface area (Å²) in [6.45, 7) is 11.3. The van der Waals surface area contributed by atoms with Gasteiger partial charge in [0.2, 0.25) is 0 Å². The molecule has 14 heteroatoms. The fourth-order valence-electron chi connectivity index (χ4n) is 14.2. The fourth-order valence-corrected chi connectivity index (χ4v) is 14.2. The van der Waals surface area contributed by atoms with Crippen LogP contribution < -0.4 is 10.6 Å². The molecule has 12 rings (SSSR count). The normalized spacial score (nSPS) is 29.0. The lowest BCUT2D eigenvalue weighted by atomic mass is 9.77. The Morgan fingerprint density at radius 2 is 0.905 bits per heavy atom. The molecule has 0 aromatic heterocycles. The molecule has 8 heterocycles. The van der Waals surface area contributed by atoms with Crippen molar-refractivity contribution in [1.29, 1.82) is 0 Å². The molecule has 4 bridgehead atoms. The van der Waals surface area contributed by atoms with Gasteiger partial charge < -0.3 is 50.7 Å². The SMILES string of the molecule is CC1(C)CN(C[C@@H](O)[C@@H]2Cc3ccccc3CN2)C(=O)c2ccc(C(=O)N3[C@@H]4CC[C@H]3CC(O)C4)cc21.CC1(C)CN(C[C@H](O)[C@@H]2Cc3ccccc3CN2)C(=O)c2ccc(C(=O)N3[C@@H]4CC[C@H]3CC(O)C4)cc21. The minimum Gasteiger partial charge on any atom is -0.393 e. The molecule has 14 nitrogen and oxygen atoms in total. The van der Waals surface area contributed by atoms with Crippen LogP contribution in [0.3, 0.4) is 0 Å². The Morgan fingerprint density at radius 3 is 1.27 bits per heavy atom. The molecule has 2 unspecified atom stereocenters. The van der Waals surface area contributed by atoms with Gasteiger partial charge in [0.25, 0.3) is 23.6 Å². The van der Waals surface area contributed by atoms with E-state index in [0.29, 0.717) is 74.1 Å². The molecule has 8 aliphatic heterocycles. The van der Waals surface area contributed by atoms with Gasteiger partial charge in [-0.15, -0.1) is 0 Å². The Morgan fingerprint density at radius 1 is 0.554 bits per heavy atom. The van der Waals surface area contributed by atoms with Crippen LogP contribution in [0.15, 0.2) is 84.9 Å². The lowest BCUT2D eigenvalue weighted by Gasteiger charge is -2.42. The number of aliphatic hydroxyl groups is 4. The highest BCUT2D eigenvalue weighted by molar-refractivity contribution is 6.02. The first-order chi connectivity index (χ1) is 35.4. The van der Waals surface area contributed by atoms with Gasteiger partial charge in [-0.1, -0.05) is 76.2 Å². The summed E-state index contributed by atoms with van der Waals surface area (Å²) < 4.78 is 0. The van der Waals surface area contributed by atoms with E-state index in [0.717, 1.165) is 49.7 Å². The van der Waals surface area contributed by atoms with Crippen LogP contribution in [0, 0.1) is 0 Å². The number of benzene rings is 4. The molecule has 0 aliphatic carbocycles. The minimum absolute atomic E-state index is 0.00644. The highest BCUT2D eigenvalue weighted by Crippen LogP contribution is 2.41. The highest BCUT2D eigenvalue weighted by atomic mass is 16.3. The molecule has 6 N–H and O–H groups in total. The summed E-state index contributed by atoms with van der Waals surface area (Å²) in [5.41, 5.74) is 8.53. The number of hydrogen-bond donors (Lipinski definition) is 6. The Balaban J connectivity index is 0.000000159. The topological polar surface area (TPSA) is 186 Å². The van der Waals surface area contributed by atoms with Crippen molar-refractivity contribution in [2.24, 2.45) is 0 Å². The van der Waals surface area contributed by atoms with Crippen molar-refractivity contribution < 1.29 is 39.6 Å². The van der Waals surface area contributed by atoms with E-state index >= 15 is 0 Å². The number of nitrogens with one attached hydrogen (secondary N) is 2. The number of rotatable bonds is 8. The molecule has 8 aliphatic rings. The Kier molecular flexibility index (Phi) is 13.6. The number of fused-ring (bicyclic) bond motifs is 8. The van der Waals surface area contributed by atoms with Gasteiger partial charge in [0.1, 0.15) is 0 Å². The van der Waals surface area contributed by atoms with Crippen LogP contribution in [0.1, 0.15) is 154 Å². The summed E-state index contributed by atoms with van der Waals surface area (Å²) in [6.07, 6.45) is 5.85. The smallest absolute Gasteiger partial charge is 0.254 e. The van der Waals surface area contributed by atoms with E-state index < -0.39 is 12.2 Å². The molecule has 0 spiro atoms. The summed E-state index contributed by atoms with van der Waals surface area (Å²) in [7, 11) is 0. The molecule has 4 saturated heterocycles. The van der Waals surface area contributed by atoms with Gasteiger partial charge in [-0.3, -0.25) is 19.2 Å². The van der Waals surface area contributed by atoms with Crippen molar-refractivity contribution in [3.8, 4) is 0 Å². The molecule has 4 amide bonds. The summed E-state index contributed by atoms with van der Waals surface area (Å²) >= 11 is 0. The largest absolute Gasteiger partial charge is 0.393 e. The van der Waals surface area contributed by atoms with Gasteiger partial charge in [-0.2, -0.15) is 0 Å². The van der Waals surface area contributed by atoms with E-state index in [-0.39, 0.29) is 96.0 Å². The van der Waals surface area contributed by atoms with Gasteiger partial charge in [0, 0.05) is 109 Å². The maximum atomic E-state index is 13.5. The second-order valence-corrected chi connectivity index (χ2v) is 24.2. The minimum atomic E-state index is -0.680. The Labute approximate surface area is 435 Å². The molecular weight excluding hydrogens is 933 g/mol. The van der Waals surface area contributed by atoms with E-state index in [2.05, 4.69) is 62.6 Å². The molecule has 0 saturated carbocycles. The van der Waals surface area contributed by atoms with E-state index in [1.54, 1.807) is 34.1 Å². The van der Waals surface area contributed by atoms with Crippen LogP contribution >= 0.6 is 0 Å². The predicted octanol–water partition coefficient (Wildman–Crippen LogP) is 5.25. The summed E-state index contributed by atoms with van der Waals surface area (Å²) in [5, 5.41) is 49.3. The predicted molar refractivity (Wildman–Crippen MR) is 281 cm³/mol. The van der Waals surface area contributed by atoms with Gasteiger partial charge in [-0.25, -0.2) is 0 Å².